The third-order valence-corrected chi connectivity index (χ3v) is 4.19. The SMILES string of the molecule is Cc1ccc(S(=O)(=O)OC2CO[C@@H](CO)C2)cc1. The molecule has 1 aliphatic rings. The number of hydrogen-bond acceptors (Lipinski definition) is 5. The summed E-state index contributed by atoms with van der Waals surface area (Å²) in [6, 6.07) is 6.48. The van der Waals surface area contributed by atoms with E-state index in [4.69, 9.17) is 14.0 Å². The molecule has 0 bridgehead atoms. The Hall–Kier alpha value is -0.950. The lowest BCUT2D eigenvalue weighted by Crippen LogP contribution is -2.19. The third kappa shape index (κ3) is 3.08. The summed E-state index contributed by atoms with van der Waals surface area (Å²) in [7, 11) is -3.75. The van der Waals surface area contributed by atoms with Crippen molar-refractivity contribution in [3.05, 3.63) is 29.8 Å². The number of aliphatic hydroxyl groups is 1. The van der Waals surface area contributed by atoms with Crippen LogP contribution in [0.2, 0.25) is 0 Å². The van der Waals surface area contributed by atoms with Crippen LogP contribution in [0.15, 0.2) is 29.2 Å². The van der Waals surface area contributed by atoms with Crippen LogP contribution in [0.25, 0.3) is 0 Å². The zero-order chi connectivity index (χ0) is 13.2. The number of aryl methyl sites for hydroxylation is 1. The average molecular weight is 272 g/mol. The summed E-state index contributed by atoms with van der Waals surface area (Å²) in [5.74, 6) is 0. The summed E-state index contributed by atoms with van der Waals surface area (Å²) >= 11 is 0. The lowest BCUT2D eigenvalue weighted by Gasteiger charge is -2.10. The highest BCUT2D eigenvalue weighted by Gasteiger charge is 2.30. The van der Waals surface area contributed by atoms with Crippen molar-refractivity contribution in [3.8, 4) is 0 Å². The van der Waals surface area contributed by atoms with Crippen LogP contribution in [-0.4, -0.2) is 38.9 Å². The molecule has 0 saturated carbocycles. The number of benzene rings is 1. The van der Waals surface area contributed by atoms with E-state index in [0.29, 0.717) is 6.42 Å². The maximum absolute atomic E-state index is 12.0. The highest BCUT2D eigenvalue weighted by atomic mass is 32.2. The van der Waals surface area contributed by atoms with E-state index in [1.807, 2.05) is 6.92 Å². The zero-order valence-corrected chi connectivity index (χ0v) is 10.9. The first kappa shape index (κ1) is 13.5. The Kier molecular flexibility index (Phi) is 4.01. The first-order valence-corrected chi connectivity index (χ1v) is 7.14. The first-order valence-electron chi connectivity index (χ1n) is 5.73. The van der Waals surface area contributed by atoms with Crippen molar-refractivity contribution < 1.29 is 22.4 Å². The van der Waals surface area contributed by atoms with E-state index in [1.54, 1.807) is 12.1 Å². The van der Waals surface area contributed by atoms with E-state index in [9.17, 15) is 8.42 Å². The zero-order valence-electron chi connectivity index (χ0n) is 10.1. The molecule has 1 aliphatic heterocycles. The quantitative estimate of drug-likeness (QED) is 0.823. The minimum atomic E-state index is -3.75. The molecule has 6 heteroatoms. The molecule has 1 saturated heterocycles. The van der Waals surface area contributed by atoms with Gasteiger partial charge in [0.1, 0.15) is 6.10 Å². The second-order valence-corrected chi connectivity index (χ2v) is 5.93. The van der Waals surface area contributed by atoms with Gasteiger partial charge in [0.25, 0.3) is 10.1 Å². The van der Waals surface area contributed by atoms with Gasteiger partial charge in [-0.25, -0.2) is 0 Å². The molecule has 5 nitrogen and oxygen atoms in total. The van der Waals surface area contributed by atoms with Gasteiger partial charge in [0.05, 0.1) is 24.2 Å². The minimum Gasteiger partial charge on any atom is -0.394 e. The van der Waals surface area contributed by atoms with E-state index in [-0.39, 0.29) is 24.2 Å². The van der Waals surface area contributed by atoms with Crippen LogP contribution >= 0.6 is 0 Å². The van der Waals surface area contributed by atoms with E-state index in [0.717, 1.165) is 5.56 Å². The van der Waals surface area contributed by atoms with Gasteiger partial charge in [-0.1, -0.05) is 17.7 Å². The van der Waals surface area contributed by atoms with Crippen LogP contribution in [0.4, 0.5) is 0 Å². The van der Waals surface area contributed by atoms with Gasteiger partial charge in [-0.3, -0.25) is 4.18 Å². The normalized spacial score (nSPS) is 24.3. The molecule has 18 heavy (non-hydrogen) atoms. The van der Waals surface area contributed by atoms with Crippen molar-refractivity contribution in [2.75, 3.05) is 13.2 Å². The molecule has 2 rings (SSSR count). The van der Waals surface area contributed by atoms with Gasteiger partial charge in [-0.05, 0) is 19.1 Å². The molecule has 0 amide bonds. The summed E-state index contributed by atoms with van der Waals surface area (Å²) in [4.78, 5) is 0.139. The summed E-state index contributed by atoms with van der Waals surface area (Å²) in [6.45, 7) is 1.95. The lowest BCUT2D eigenvalue weighted by molar-refractivity contribution is 0.0537. The Bertz CT molecular complexity index is 494. The molecule has 1 unspecified atom stereocenters. The Morgan fingerprint density at radius 3 is 2.61 bits per heavy atom. The predicted molar refractivity (Wildman–Crippen MR) is 64.7 cm³/mol. The first-order chi connectivity index (χ1) is 8.51. The van der Waals surface area contributed by atoms with Crippen molar-refractivity contribution in [1.29, 1.82) is 0 Å². The Morgan fingerprint density at radius 2 is 2.06 bits per heavy atom. The topological polar surface area (TPSA) is 72.8 Å². The van der Waals surface area contributed by atoms with E-state index in [1.165, 1.54) is 12.1 Å². The van der Waals surface area contributed by atoms with Gasteiger partial charge in [0.2, 0.25) is 0 Å². The molecular formula is C12H16O5S. The molecular weight excluding hydrogens is 256 g/mol. The number of hydrogen-bond donors (Lipinski definition) is 1. The maximum Gasteiger partial charge on any atom is 0.297 e. The monoisotopic (exact) mass is 272 g/mol. The second-order valence-electron chi connectivity index (χ2n) is 4.36. The highest BCUT2D eigenvalue weighted by Crippen LogP contribution is 2.21. The van der Waals surface area contributed by atoms with Crippen LogP contribution in [-0.2, 0) is 19.0 Å². The number of rotatable bonds is 4. The van der Waals surface area contributed by atoms with Gasteiger partial charge in [0, 0.05) is 6.42 Å². The standard InChI is InChI=1S/C12H16O5S/c1-9-2-4-12(5-3-9)18(14,15)17-11-6-10(7-13)16-8-11/h2-5,10-11,13H,6-8H2,1H3/t10-,11?/m1/s1. The second kappa shape index (κ2) is 5.36. The van der Waals surface area contributed by atoms with Gasteiger partial charge in [-0.15, -0.1) is 0 Å². The predicted octanol–water partition coefficient (Wildman–Crippen LogP) is 0.850. The minimum absolute atomic E-state index is 0.121. The van der Waals surface area contributed by atoms with Crippen molar-refractivity contribution in [1.82, 2.24) is 0 Å². The highest BCUT2D eigenvalue weighted by molar-refractivity contribution is 7.86. The number of aliphatic hydroxyl groups excluding tert-OH is 1. The van der Waals surface area contributed by atoms with Crippen molar-refractivity contribution >= 4 is 10.1 Å². The summed E-state index contributed by atoms with van der Waals surface area (Å²) in [5.41, 5.74) is 0.985. The maximum atomic E-state index is 12.0. The van der Waals surface area contributed by atoms with Crippen LogP contribution in [0.5, 0.6) is 0 Å². The molecule has 1 aromatic carbocycles. The van der Waals surface area contributed by atoms with Gasteiger partial charge < -0.3 is 9.84 Å². The molecule has 1 heterocycles. The van der Waals surface area contributed by atoms with Crippen molar-refractivity contribution in [2.45, 2.75) is 30.4 Å². The average Bonchev–Trinajstić information content (AvgIpc) is 2.76. The van der Waals surface area contributed by atoms with E-state index >= 15 is 0 Å². The molecule has 0 radical (unpaired) electrons. The Morgan fingerprint density at radius 1 is 1.39 bits per heavy atom. The fourth-order valence-electron chi connectivity index (χ4n) is 1.81. The fourth-order valence-corrected chi connectivity index (χ4v) is 2.88. The third-order valence-electron chi connectivity index (χ3n) is 2.82. The van der Waals surface area contributed by atoms with E-state index in [2.05, 4.69) is 0 Å². The van der Waals surface area contributed by atoms with Gasteiger partial charge >= 0.3 is 0 Å². The fraction of sp³-hybridized carbons (Fsp3) is 0.500. The smallest absolute Gasteiger partial charge is 0.297 e. The van der Waals surface area contributed by atoms with Crippen LogP contribution in [0.1, 0.15) is 12.0 Å². The van der Waals surface area contributed by atoms with E-state index < -0.39 is 16.2 Å². The summed E-state index contributed by atoms with van der Waals surface area (Å²) < 4.78 is 34.2. The van der Waals surface area contributed by atoms with Crippen LogP contribution in [0, 0.1) is 6.92 Å². The largest absolute Gasteiger partial charge is 0.394 e. The van der Waals surface area contributed by atoms with Gasteiger partial charge in [0.15, 0.2) is 0 Å². The van der Waals surface area contributed by atoms with Gasteiger partial charge in [-0.2, -0.15) is 8.42 Å². The molecule has 0 aliphatic carbocycles. The molecule has 0 aromatic heterocycles. The summed E-state index contributed by atoms with van der Waals surface area (Å²) in [6.07, 6.45) is -0.460. The molecule has 1 fully saturated rings. The molecule has 2 atom stereocenters. The molecule has 0 spiro atoms. The summed E-state index contributed by atoms with van der Waals surface area (Å²) in [5, 5.41) is 8.90. The molecule has 1 aromatic rings. The van der Waals surface area contributed by atoms with Crippen molar-refractivity contribution in [2.24, 2.45) is 0 Å². The van der Waals surface area contributed by atoms with Crippen molar-refractivity contribution in [3.63, 3.8) is 0 Å². The molecule has 1 N–H and O–H groups in total. The van der Waals surface area contributed by atoms with Crippen LogP contribution in [0.3, 0.4) is 0 Å². The number of ether oxygens (including phenoxy) is 1. The molecule has 100 valence electrons. The lowest BCUT2D eigenvalue weighted by atomic mass is 10.2. The Labute approximate surface area is 106 Å². The Balaban J connectivity index is 2.06. The van der Waals surface area contributed by atoms with Crippen LogP contribution < -0.4 is 0 Å².